The van der Waals surface area contributed by atoms with Crippen LogP contribution in [0.15, 0.2) is 24.3 Å². The van der Waals surface area contributed by atoms with Crippen molar-refractivity contribution in [1.82, 2.24) is 21.3 Å². The molecule has 0 spiro atoms. The van der Waals surface area contributed by atoms with Crippen LogP contribution in [0.5, 0.6) is 0 Å². The van der Waals surface area contributed by atoms with E-state index < -0.39 is 42.0 Å². The fraction of sp³-hybridized carbons (Fsp3) is 0.633. The van der Waals surface area contributed by atoms with Crippen LogP contribution >= 0.6 is 0 Å². The lowest BCUT2D eigenvalue weighted by molar-refractivity contribution is -0.193. The summed E-state index contributed by atoms with van der Waals surface area (Å²) in [4.78, 5) is 52.1. The van der Waals surface area contributed by atoms with Crippen molar-refractivity contribution in [1.29, 1.82) is 0 Å². The standard InChI is InChI=1S/C24H41N5O2.3C2HF3O2/c1-2-9-22(30)29-24(18-20-10-3-4-11-21(20)19-24)23(31)28-17-8-16-27-14-6-5-13-26-15-7-12-25;3*3-2(4,5)1(6)7/h3-4,10-11,26-27H,2,5-9,12-19,25H2,1H3,(H,28,31)(H,29,30);3*(H,6,7). The highest BCUT2D eigenvalue weighted by Crippen LogP contribution is 2.30. The molecule has 0 atom stereocenters. The summed E-state index contributed by atoms with van der Waals surface area (Å²) in [5.41, 5.74) is 6.90. The molecule has 0 fully saturated rings. The fourth-order valence-corrected chi connectivity index (χ4v) is 4.04. The van der Waals surface area contributed by atoms with Crippen molar-refractivity contribution in [2.24, 2.45) is 5.73 Å². The van der Waals surface area contributed by atoms with Gasteiger partial charge in [-0.05, 0) is 76.0 Å². The highest BCUT2D eigenvalue weighted by Gasteiger charge is 2.45. The summed E-state index contributed by atoms with van der Waals surface area (Å²) in [7, 11) is 0. The molecule has 1 aromatic rings. The maximum Gasteiger partial charge on any atom is 0.490 e. The molecule has 1 aliphatic rings. The molecule has 1 aromatic carbocycles. The van der Waals surface area contributed by atoms with Gasteiger partial charge in [0.15, 0.2) is 0 Å². The molecule has 2 amide bonds. The molecule has 0 aliphatic heterocycles. The molecular formula is C30H44F9N5O8. The van der Waals surface area contributed by atoms with Crippen molar-refractivity contribution >= 4 is 29.7 Å². The van der Waals surface area contributed by atoms with E-state index in [1.165, 1.54) is 0 Å². The zero-order valence-corrected chi connectivity index (χ0v) is 28.1. The molecule has 0 bridgehead atoms. The van der Waals surface area contributed by atoms with Gasteiger partial charge in [0.05, 0.1) is 0 Å². The first-order valence-electron chi connectivity index (χ1n) is 15.6. The van der Waals surface area contributed by atoms with E-state index in [1.807, 2.05) is 31.2 Å². The molecule has 0 saturated heterocycles. The van der Waals surface area contributed by atoms with Gasteiger partial charge in [0.25, 0.3) is 0 Å². The van der Waals surface area contributed by atoms with E-state index in [-0.39, 0.29) is 11.8 Å². The number of carboxylic acid groups (broad SMARTS) is 3. The highest BCUT2D eigenvalue weighted by atomic mass is 19.4. The van der Waals surface area contributed by atoms with Crippen molar-refractivity contribution in [3.05, 3.63) is 35.4 Å². The molecule has 52 heavy (non-hydrogen) atoms. The van der Waals surface area contributed by atoms with Gasteiger partial charge in [0, 0.05) is 25.8 Å². The summed E-state index contributed by atoms with van der Waals surface area (Å²) in [5.74, 6) is -8.39. The Morgan fingerprint density at radius 3 is 1.38 bits per heavy atom. The molecule has 0 heterocycles. The molecule has 0 unspecified atom stereocenters. The van der Waals surface area contributed by atoms with Crippen molar-refractivity contribution in [2.75, 3.05) is 39.3 Å². The van der Waals surface area contributed by atoms with Gasteiger partial charge in [-0.15, -0.1) is 0 Å². The summed E-state index contributed by atoms with van der Waals surface area (Å²) in [6.07, 6.45) is -8.75. The topological polar surface area (TPSA) is 220 Å². The van der Waals surface area contributed by atoms with Crippen LogP contribution in [0.1, 0.15) is 56.6 Å². The monoisotopic (exact) mass is 773 g/mol. The molecule has 0 radical (unpaired) electrons. The van der Waals surface area contributed by atoms with E-state index in [0.29, 0.717) is 25.8 Å². The van der Waals surface area contributed by atoms with Gasteiger partial charge in [-0.25, -0.2) is 14.4 Å². The Balaban J connectivity index is 0. The van der Waals surface area contributed by atoms with Crippen LogP contribution in [0, 0.1) is 0 Å². The SMILES string of the molecule is CCCC(=O)NC1(C(=O)NCCCNCCCCNCCCN)Cc2ccccc2C1.O=C(O)C(F)(F)F.O=C(O)C(F)(F)F.O=C(O)C(F)(F)F. The molecule has 2 rings (SSSR count). The number of alkyl halides is 9. The Morgan fingerprint density at radius 1 is 0.673 bits per heavy atom. The minimum Gasteiger partial charge on any atom is -0.475 e. The maximum absolute atomic E-state index is 13.1. The van der Waals surface area contributed by atoms with Gasteiger partial charge in [0.2, 0.25) is 11.8 Å². The van der Waals surface area contributed by atoms with Crippen LogP contribution in [0.25, 0.3) is 0 Å². The Kier molecular flexibility index (Phi) is 23.9. The normalized spacial score (nSPS) is 13.1. The molecule has 300 valence electrons. The van der Waals surface area contributed by atoms with Crippen LogP contribution in [0.3, 0.4) is 0 Å². The number of rotatable bonds is 16. The Labute approximate surface area is 292 Å². The lowest BCUT2D eigenvalue weighted by Crippen LogP contribution is -2.59. The number of nitrogens with two attached hydrogens (primary N) is 1. The third kappa shape index (κ3) is 23.3. The summed E-state index contributed by atoms with van der Waals surface area (Å²) in [6, 6.07) is 8.08. The zero-order valence-electron chi connectivity index (χ0n) is 28.1. The summed E-state index contributed by atoms with van der Waals surface area (Å²) in [5, 5.41) is 34.3. The average Bonchev–Trinajstić information content (AvgIpc) is 3.40. The van der Waals surface area contributed by atoms with E-state index in [1.54, 1.807) is 0 Å². The minimum absolute atomic E-state index is 0.0513. The van der Waals surface area contributed by atoms with Gasteiger partial charge >= 0.3 is 36.4 Å². The van der Waals surface area contributed by atoms with Crippen LogP contribution in [-0.2, 0) is 36.8 Å². The van der Waals surface area contributed by atoms with E-state index in [0.717, 1.165) is 76.0 Å². The predicted octanol–water partition coefficient (Wildman–Crippen LogP) is 3.15. The number of nitrogens with one attached hydrogen (secondary N) is 4. The maximum atomic E-state index is 13.1. The molecule has 22 heteroatoms. The summed E-state index contributed by atoms with van der Waals surface area (Å²) >= 11 is 0. The lowest BCUT2D eigenvalue weighted by atomic mass is 9.93. The molecule has 0 aromatic heterocycles. The molecule has 1 aliphatic carbocycles. The Morgan fingerprint density at radius 2 is 1.04 bits per heavy atom. The first kappa shape index (κ1) is 49.9. The summed E-state index contributed by atoms with van der Waals surface area (Å²) in [6.45, 7) is 7.20. The number of carbonyl (C=O) groups is 5. The predicted molar refractivity (Wildman–Crippen MR) is 167 cm³/mol. The first-order valence-corrected chi connectivity index (χ1v) is 15.6. The molecule has 9 N–H and O–H groups in total. The zero-order chi connectivity index (χ0) is 40.6. The van der Waals surface area contributed by atoms with Gasteiger partial charge in [-0.2, -0.15) is 39.5 Å². The van der Waals surface area contributed by atoms with Gasteiger partial charge in [0.1, 0.15) is 5.54 Å². The van der Waals surface area contributed by atoms with E-state index in [4.69, 9.17) is 35.4 Å². The van der Waals surface area contributed by atoms with E-state index in [9.17, 15) is 49.1 Å². The minimum atomic E-state index is -5.08. The average molecular weight is 774 g/mol. The number of hydrogen-bond acceptors (Lipinski definition) is 8. The van der Waals surface area contributed by atoms with Crippen LogP contribution in [0.4, 0.5) is 39.5 Å². The van der Waals surface area contributed by atoms with Crippen molar-refractivity contribution < 1.29 is 78.8 Å². The van der Waals surface area contributed by atoms with E-state index >= 15 is 0 Å². The number of carboxylic acids is 3. The Bertz CT molecular complexity index is 1160. The first-order chi connectivity index (χ1) is 23.9. The number of amides is 2. The number of aliphatic carboxylic acids is 3. The van der Waals surface area contributed by atoms with Gasteiger partial charge in [-0.3, -0.25) is 9.59 Å². The number of carbonyl (C=O) groups excluding carboxylic acids is 2. The Hall–Kier alpha value is -4.18. The van der Waals surface area contributed by atoms with Crippen molar-refractivity contribution in [2.45, 2.75) is 82.4 Å². The quantitative estimate of drug-likeness (QED) is 0.0901. The number of unbranched alkanes of at least 4 members (excludes halogenated alkanes) is 1. The number of hydrogen-bond donors (Lipinski definition) is 8. The summed E-state index contributed by atoms with van der Waals surface area (Å²) < 4.78 is 95.2. The molecule has 0 saturated carbocycles. The van der Waals surface area contributed by atoms with Crippen molar-refractivity contribution in [3.63, 3.8) is 0 Å². The number of benzene rings is 1. The third-order valence-corrected chi connectivity index (χ3v) is 6.45. The van der Waals surface area contributed by atoms with E-state index in [2.05, 4.69) is 21.3 Å². The van der Waals surface area contributed by atoms with Gasteiger partial charge < -0.3 is 42.3 Å². The van der Waals surface area contributed by atoms with Crippen LogP contribution < -0.4 is 27.0 Å². The fourth-order valence-electron chi connectivity index (χ4n) is 4.04. The second-order valence-electron chi connectivity index (χ2n) is 10.9. The van der Waals surface area contributed by atoms with Gasteiger partial charge in [-0.1, -0.05) is 31.2 Å². The number of halogens is 9. The smallest absolute Gasteiger partial charge is 0.475 e. The molecular weight excluding hydrogens is 729 g/mol. The lowest BCUT2D eigenvalue weighted by Gasteiger charge is -2.29. The van der Waals surface area contributed by atoms with Crippen LogP contribution in [0.2, 0.25) is 0 Å². The molecule has 13 nitrogen and oxygen atoms in total. The van der Waals surface area contributed by atoms with Crippen LogP contribution in [-0.4, -0.2) is 108 Å². The largest absolute Gasteiger partial charge is 0.490 e. The highest BCUT2D eigenvalue weighted by molar-refractivity contribution is 5.93. The third-order valence-electron chi connectivity index (χ3n) is 6.45. The second-order valence-corrected chi connectivity index (χ2v) is 10.9. The van der Waals surface area contributed by atoms with Crippen molar-refractivity contribution in [3.8, 4) is 0 Å². The number of fused-ring (bicyclic) bond motifs is 1. The second kappa shape index (κ2) is 24.9.